The van der Waals surface area contributed by atoms with Crippen LogP contribution in [0.1, 0.15) is 6.92 Å². The highest BCUT2D eigenvalue weighted by atomic mass is 16.2. The summed E-state index contributed by atoms with van der Waals surface area (Å²) in [7, 11) is 0. The number of carbonyl (C=O) groups excluding carboxylic acids is 1. The fourth-order valence-electron chi connectivity index (χ4n) is 2.56. The van der Waals surface area contributed by atoms with Gasteiger partial charge in [0.2, 0.25) is 11.3 Å². The van der Waals surface area contributed by atoms with Crippen molar-refractivity contribution in [2.24, 2.45) is 5.92 Å². The average molecular weight is 325 g/mol. The number of aromatic nitrogens is 4. The lowest BCUT2D eigenvalue weighted by Crippen LogP contribution is -2.33. The van der Waals surface area contributed by atoms with Crippen LogP contribution in [0.5, 0.6) is 0 Å². The summed E-state index contributed by atoms with van der Waals surface area (Å²) in [6.45, 7) is 3.42. The second-order valence-electron chi connectivity index (χ2n) is 5.82. The average Bonchev–Trinajstić information content (AvgIpc) is 3.09. The lowest BCUT2D eigenvalue weighted by Gasteiger charge is -2.14. The Morgan fingerprint density at radius 1 is 1.25 bits per heavy atom. The maximum atomic E-state index is 12.2. The number of hydrogen-bond donors (Lipinski definition) is 1. The van der Waals surface area contributed by atoms with E-state index in [0.717, 1.165) is 6.54 Å². The number of fused-ring (bicyclic) bond motifs is 1. The van der Waals surface area contributed by atoms with Gasteiger partial charge in [-0.15, -0.1) is 0 Å². The first kappa shape index (κ1) is 15.9. The van der Waals surface area contributed by atoms with E-state index < -0.39 is 0 Å². The molecule has 124 valence electrons. The Morgan fingerprint density at radius 3 is 2.88 bits per heavy atom. The molecule has 0 unspecified atom stereocenters. The van der Waals surface area contributed by atoms with Crippen molar-refractivity contribution >= 4 is 16.8 Å². The number of hydrogen-bond acceptors (Lipinski definition) is 4. The van der Waals surface area contributed by atoms with Gasteiger partial charge in [0.1, 0.15) is 6.54 Å². The van der Waals surface area contributed by atoms with Crippen molar-refractivity contribution in [2.45, 2.75) is 20.0 Å². The Labute approximate surface area is 138 Å². The molecule has 2 aromatic heterocycles. The molecule has 1 aromatic carbocycles. The van der Waals surface area contributed by atoms with Crippen molar-refractivity contribution in [3.8, 4) is 0 Å². The van der Waals surface area contributed by atoms with Crippen molar-refractivity contribution in [3.63, 3.8) is 0 Å². The molecule has 1 amide bonds. The zero-order chi connectivity index (χ0) is 16.9. The van der Waals surface area contributed by atoms with Crippen LogP contribution in [0.2, 0.25) is 0 Å². The zero-order valence-corrected chi connectivity index (χ0v) is 13.4. The van der Waals surface area contributed by atoms with E-state index >= 15 is 0 Å². The molecule has 0 aliphatic heterocycles. The summed E-state index contributed by atoms with van der Waals surface area (Å²) in [6.07, 6.45) is 4.88. The summed E-state index contributed by atoms with van der Waals surface area (Å²) >= 11 is 0. The summed E-state index contributed by atoms with van der Waals surface area (Å²) < 4.78 is 3.39. The highest BCUT2D eigenvalue weighted by molar-refractivity contribution is 5.81. The first-order chi connectivity index (χ1) is 11.6. The van der Waals surface area contributed by atoms with Crippen LogP contribution in [0.3, 0.4) is 0 Å². The van der Waals surface area contributed by atoms with Crippen molar-refractivity contribution in [3.05, 3.63) is 59.1 Å². The Bertz CT molecular complexity index is 885. The van der Waals surface area contributed by atoms with E-state index in [9.17, 15) is 9.59 Å². The first-order valence-electron chi connectivity index (χ1n) is 7.82. The molecule has 1 atom stereocenters. The molecule has 0 saturated carbocycles. The van der Waals surface area contributed by atoms with Crippen LogP contribution in [0.25, 0.3) is 10.9 Å². The minimum Gasteiger partial charge on any atom is -0.354 e. The van der Waals surface area contributed by atoms with E-state index in [-0.39, 0.29) is 23.8 Å². The summed E-state index contributed by atoms with van der Waals surface area (Å²) in [5, 5.41) is 11.7. The number of carbonyl (C=O) groups is 1. The van der Waals surface area contributed by atoms with Gasteiger partial charge >= 0.3 is 0 Å². The molecule has 24 heavy (non-hydrogen) atoms. The van der Waals surface area contributed by atoms with Gasteiger partial charge in [-0.3, -0.25) is 19.0 Å². The zero-order valence-electron chi connectivity index (χ0n) is 13.4. The molecule has 1 N–H and O–H groups in total. The lowest BCUT2D eigenvalue weighted by atomic mass is 10.2. The molecule has 3 rings (SSSR count). The van der Waals surface area contributed by atoms with Gasteiger partial charge in [-0.25, -0.2) is 0 Å². The monoisotopic (exact) mass is 325 g/mol. The highest BCUT2D eigenvalue weighted by Crippen LogP contribution is 2.07. The number of rotatable bonds is 6. The maximum absolute atomic E-state index is 12.2. The number of nitrogens with one attached hydrogen (secondary N) is 1. The Hall–Kier alpha value is -2.96. The van der Waals surface area contributed by atoms with Crippen molar-refractivity contribution in [1.29, 1.82) is 0 Å². The third-order valence-electron chi connectivity index (χ3n) is 3.76. The second-order valence-corrected chi connectivity index (χ2v) is 5.82. The van der Waals surface area contributed by atoms with Crippen molar-refractivity contribution in [2.75, 3.05) is 6.54 Å². The summed E-state index contributed by atoms with van der Waals surface area (Å²) in [5.74, 6) is 0.121. The molecule has 0 spiro atoms. The van der Waals surface area contributed by atoms with Gasteiger partial charge in [0.15, 0.2) is 0 Å². The Morgan fingerprint density at radius 2 is 2.08 bits per heavy atom. The molecule has 7 nitrogen and oxygen atoms in total. The fourth-order valence-corrected chi connectivity index (χ4v) is 2.56. The molecule has 0 radical (unpaired) electrons. The van der Waals surface area contributed by atoms with Crippen LogP contribution in [-0.4, -0.2) is 32.0 Å². The van der Waals surface area contributed by atoms with Gasteiger partial charge in [-0.05, 0) is 24.1 Å². The minimum absolute atomic E-state index is 0.0787. The van der Waals surface area contributed by atoms with Crippen LogP contribution in [0.4, 0.5) is 0 Å². The van der Waals surface area contributed by atoms with Crippen LogP contribution in [-0.2, 0) is 17.9 Å². The topological polar surface area (TPSA) is 81.8 Å². The molecular weight excluding hydrogens is 306 g/mol. The Kier molecular flexibility index (Phi) is 4.69. The van der Waals surface area contributed by atoms with Crippen LogP contribution in [0.15, 0.2) is 53.7 Å². The molecule has 0 saturated heterocycles. The van der Waals surface area contributed by atoms with E-state index in [1.807, 2.05) is 23.0 Å². The number of amides is 1. The second kappa shape index (κ2) is 7.08. The number of benzene rings is 1. The lowest BCUT2D eigenvalue weighted by molar-refractivity contribution is -0.122. The molecular formula is C17H19N5O2. The van der Waals surface area contributed by atoms with E-state index in [2.05, 4.69) is 22.4 Å². The third-order valence-corrected chi connectivity index (χ3v) is 3.76. The number of nitrogens with zero attached hydrogens (tertiary/aromatic N) is 4. The SMILES string of the molecule is C[C@H](CNC(=O)Cn1ncc(=O)c2ccccc21)Cn1cccn1. The fraction of sp³-hybridized carbons (Fsp3) is 0.294. The van der Waals surface area contributed by atoms with Gasteiger partial charge < -0.3 is 5.32 Å². The van der Waals surface area contributed by atoms with Crippen LogP contribution < -0.4 is 10.7 Å². The van der Waals surface area contributed by atoms with E-state index in [1.54, 1.807) is 29.1 Å². The van der Waals surface area contributed by atoms with Crippen LogP contribution >= 0.6 is 0 Å². The third kappa shape index (κ3) is 3.68. The number of para-hydroxylation sites is 1. The van der Waals surface area contributed by atoms with Gasteiger partial charge in [-0.1, -0.05) is 19.1 Å². The Balaban J connectivity index is 1.61. The van der Waals surface area contributed by atoms with E-state index in [1.165, 1.54) is 6.20 Å². The summed E-state index contributed by atoms with van der Waals surface area (Å²) in [5.41, 5.74) is 0.514. The largest absolute Gasteiger partial charge is 0.354 e. The summed E-state index contributed by atoms with van der Waals surface area (Å²) in [4.78, 5) is 24.0. The normalized spacial score (nSPS) is 12.2. The molecule has 0 bridgehead atoms. The molecule has 0 aliphatic rings. The molecule has 3 aromatic rings. The standard InChI is InChI=1S/C17H19N5O2/c1-13(11-21-8-4-7-19-21)9-18-17(24)12-22-15-6-3-2-5-14(15)16(23)10-20-22/h2-8,10,13H,9,11-12H2,1H3,(H,18,24)/t13-/m1/s1. The van der Waals surface area contributed by atoms with Crippen LogP contribution in [0, 0.1) is 5.92 Å². The highest BCUT2D eigenvalue weighted by Gasteiger charge is 2.10. The molecule has 2 heterocycles. The smallest absolute Gasteiger partial charge is 0.241 e. The first-order valence-corrected chi connectivity index (χ1v) is 7.82. The van der Waals surface area contributed by atoms with Gasteiger partial charge in [0.05, 0.1) is 11.7 Å². The molecule has 0 fully saturated rings. The van der Waals surface area contributed by atoms with E-state index in [4.69, 9.17) is 0 Å². The molecule has 7 heteroatoms. The van der Waals surface area contributed by atoms with Crippen molar-refractivity contribution in [1.82, 2.24) is 24.9 Å². The van der Waals surface area contributed by atoms with E-state index in [0.29, 0.717) is 17.4 Å². The maximum Gasteiger partial charge on any atom is 0.241 e. The van der Waals surface area contributed by atoms with Crippen molar-refractivity contribution < 1.29 is 4.79 Å². The molecule has 0 aliphatic carbocycles. The predicted molar refractivity (Wildman–Crippen MR) is 90.4 cm³/mol. The minimum atomic E-state index is -0.143. The van der Waals surface area contributed by atoms with Gasteiger partial charge in [0, 0.05) is 30.9 Å². The van der Waals surface area contributed by atoms with Gasteiger partial charge in [0.25, 0.3) is 0 Å². The summed E-state index contributed by atoms with van der Waals surface area (Å²) in [6, 6.07) is 9.02. The predicted octanol–water partition coefficient (Wildman–Crippen LogP) is 1.05. The van der Waals surface area contributed by atoms with Gasteiger partial charge in [-0.2, -0.15) is 10.2 Å². The quantitative estimate of drug-likeness (QED) is 0.734.